The van der Waals surface area contributed by atoms with E-state index in [9.17, 15) is 4.79 Å². The minimum Gasteiger partial charge on any atom is -0.379 e. The summed E-state index contributed by atoms with van der Waals surface area (Å²) in [6, 6.07) is 4.64. The molecule has 1 fully saturated rings. The van der Waals surface area contributed by atoms with Crippen LogP contribution in [0.15, 0.2) is 12.1 Å². The van der Waals surface area contributed by atoms with E-state index in [1.807, 2.05) is 0 Å². The third kappa shape index (κ3) is 6.37. The molecule has 0 radical (unpaired) electrons. The normalized spacial score (nSPS) is 16.6. The van der Waals surface area contributed by atoms with E-state index in [4.69, 9.17) is 4.74 Å². The topological polar surface area (TPSA) is 44.8 Å². The standard InChI is InChI=1S/C19H33N3O2S/c1-15(2)21(12-17-7-6-16(3)25-17)13-18(23)20-14-19(4,5)22-8-10-24-11-9-22/h6-7,15H,8-14H2,1-5H3,(H,20,23). The molecule has 0 spiro atoms. The summed E-state index contributed by atoms with van der Waals surface area (Å²) in [5, 5.41) is 3.14. The average Bonchev–Trinajstić information content (AvgIpc) is 2.98. The lowest BCUT2D eigenvalue weighted by Gasteiger charge is -2.41. The van der Waals surface area contributed by atoms with Gasteiger partial charge in [-0.15, -0.1) is 11.3 Å². The molecule has 2 rings (SSSR count). The van der Waals surface area contributed by atoms with Gasteiger partial charge >= 0.3 is 0 Å². The van der Waals surface area contributed by atoms with Crippen LogP contribution in [0.25, 0.3) is 0 Å². The largest absolute Gasteiger partial charge is 0.379 e. The Hall–Kier alpha value is -0.950. The second-order valence-corrected chi connectivity index (χ2v) is 9.07. The van der Waals surface area contributed by atoms with Gasteiger partial charge in [-0.05, 0) is 46.8 Å². The number of morpholine rings is 1. The van der Waals surface area contributed by atoms with Gasteiger partial charge in [-0.3, -0.25) is 14.6 Å². The molecule has 1 amide bonds. The van der Waals surface area contributed by atoms with Crippen molar-refractivity contribution in [2.24, 2.45) is 0 Å². The predicted molar refractivity (Wildman–Crippen MR) is 104 cm³/mol. The van der Waals surface area contributed by atoms with E-state index in [2.05, 4.69) is 61.9 Å². The van der Waals surface area contributed by atoms with Crippen molar-refractivity contribution < 1.29 is 9.53 Å². The molecule has 0 bridgehead atoms. The molecular weight excluding hydrogens is 334 g/mol. The first kappa shape index (κ1) is 20.4. The number of amides is 1. The van der Waals surface area contributed by atoms with Crippen molar-refractivity contribution in [2.75, 3.05) is 39.4 Å². The maximum Gasteiger partial charge on any atom is 0.234 e. The number of rotatable bonds is 8. The van der Waals surface area contributed by atoms with Gasteiger partial charge < -0.3 is 10.1 Å². The Morgan fingerprint density at radius 1 is 1.36 bits per heavy atom. The van der Waals surface area contributed by atoms with Crippen LogP contribution in [0.4, 0.5) is 0 Å². The Balaban J connectivity index is 1.83. The molecular formula is C19H33N3O2S. The molecule has 0 aliphatic carbocycles. The average molecular weight is 368 g/mol. The first-order valence-corrected chi connectivity index (χ1v) is 9.98. The smallest absolute Gasteiger partial charge is 0.234 e. The minimum absolute atomic E-state index is 0.0486. The number of hydrogen-bond donors (Lipinski definition) is 1. The van der Waals surface area contributed by atoms with E-state index in [-0.39, 0.29) is 11.4 Å². The van der Waals surface area contributed by atoms with Gasteiger partial charge in [0.1, 0.15) is 0 Å². The lowest BCUT2D eigenvalue weighted by molar-refractivity contribution is -0.123. The Bertz CT molecular complexity index is 551. The SMILES string of the molecule is Cc1ccc(CN(CC(=O)NCC(C)(C)N2CCOCC2)C(C)C)s1. The molecule has 1 aromatic rings. The van der Waals surface area contributed by atoms with Gasteiger partial charge in [0.2, 0.25) is 5.91 Å². The Morgan fingerprint density at radius 2 is 2.04 bits per heavy atom. The monoisotopic (exact) mass is 367 g/mol. The van der Waals surface area contributed by atoms with Gasteiger partial charge in [-0.2, -0.15) is 0 Å². The van der Waals surface area contributed by atoms with E-state index in [1.54, 1.807) is 11.3 Å². The molecule has 6 heteroatoms. The molecule has 0 atom stereocenters. The van der Waals surface area contributed by atoms with Crippen molar-refractivity contribution in [3.8, 4) is 0 Å². The zero-order valence-electron chi connectivity index (χ0n) is 16.3. The molecule has 1 saturated heterocycles. The summed E-state index contributed by atoms with van der Waals surface area (Å²) in [5.41, 5.74) is -0.0486. The third-order valence-corrected chi connectivity index (χ3v) is 5.80. The molecule has 1 aromatic heterocycles. The zero-order valence-corrected chi connectivity index (χ0v) is 17.1. The number of ether oxygens (including phenoxy) is 1. The van der Waals surface area contributed by atoms with Crippen LogP contribution in [0.2, 0.25) is 0 Å². The number of carbonyl (C=O) groups is 1. The molecule has 0 aromatic carbocycles. The Labute approximate surface area is 156 Å². The lowest BCUT2D eigenvalue weighted by atomic mass is 10.0. The highest BCUT2D eigenvalue weighted by atomic mass is 32.1. The van der Waals surface area contributed by atoms with Gasteiger partial charge in [0.05, 0.1) is 19.8 Å². The summed E-state index contributed by atoms with van der Waals surface area (Å²) < 4.78 is 5.42. The van der Waals surface area contributed by atoms with Crippen LogP contribution in [-0.2, 0) is 16.1 Å². The number of nitrogens with one attached hydrogen (secondary N) is 1. The fourth-order valence-electron chi connectivity index (χ4n) is 3.03. The van der Waals surface area contributed by atoms with E-state index in [0.29, 0.717) is 19.1 Å². The number of aryl methyl sites for hydroxylation is 1. The number of nitrogens with zero attached hydrogens (tertiary/aromatic N) is 2. The summed E-state index contributed by atoms with van der Waals surface area (Å²) in [5.74, 6) is 0.100. The van der Waals surface area contributed by atoms with E-state index in [0.717, 1.165) is 32.8 Å². The number of hydrogen-bond acceptors (Lipinski definition) is 5. The first-order chi connectivity index (χ1) is 11.8. The van der Waals surface area contributed by atoms with E-state index in [1.165, 1.54) is 9.75 Å². The molecule has 5 nitrogen and oxygen atoms in total. The summed E-state index contributed by atoms with van der Waals surface area (Å²) >= 11 is 1.81. The van der Waals surface area contributed by atoms with E-state index >= 15 is 0 Å². The highest BCUT2D eigenvalue weighted by Crippen LogP contribution is 2.18. The third-order valence-electron chi connectivity index (χ3n) is 4.82. The summed E-state index contributed by atoms with van der Waals surface area (Å²) in [6.07, 6.45) is 0. The van der Waals surface area contributed by atoms with Gasteiger partial charge in [-0.1, -0.05) is 0 Å². The van der Waals surface area contributed by atoms with Crippen LogP contribution in [0.1, 0.15) is 37.4 Å². The van der Waals surface area contributed by atoms with Crippen LogP contribution in [0, 0.1) is 6.92 Å². The maximum absolute atomic E-state index is 12.5. The molecule has 25 heavy (non-hydrogen) atoms. The molecule has 1 aliphatic rings. The summed E-state index contributed by atoms with van der Waals surface area (Å²) in [6.45, 7) is 16.1. The van der Waals surface area contributed by atoms with Crippen LogP contribution in [-0.4, -0.2) is 66.7 Å². The Kier molecular flexibility index (Phi) is 7.43. The van der Waals surface area contributed by atoms with Crippen LogP contribution >= 0.6 is 11.3 Å². The maximum atomic E-state index is 12.5. The molecule has 0 unspecified atom stereocenters. The summed E-state index contributed by atoms with van der Waals surface area (Å²) in [4.78, 5) is 19.7. The van der Waals surface area contributed by atoms with Crippen molar-refractivity contribution in [3.05, 3.63) is 21.9 Å². The van der Waals surface area contributed by atoms with Crippen LogP contribution in [0.3, 0.4) is 0 Å². The molecule has 0 saturated carbocycles. The molecule has 1 aliphatic heterocycles. The Morgan fingerprint density at radius 3 is 2.60 bits per heavy atom. The second kappa shape index (κ2) is 9.12. The van der Waals surface area contributed by atoms with Crippen LogP contribution in [0.5, 0.6) is 0 Å². The van der Waals surface area contributed by atoms with Crippen molar-refractivity contribution in [1.29, 1.82) is 0 Å². The number of thiophene rings is 1. The van der Waals surface area contributed by atoms with Crippen molar-refractivity contribution in [2.45, 2.75) is 52.7 Å². The lowest BCUT2D eigenvalue weighted by Crippen LogP contribution is -2.56. The molecule has 142 valence electrons. The number of carbonyl (C=O) groups excluding carboxylic acids is 1. The fourth-order valence-corrected chi connectivity index (χ4v) is 3.94. The van der Waals surface area contributed by atoms with E-state index < -0.39 is 0 Å². The van der Waals surface area contributed by atoms with Gasteiger partial charge in [0.25, 0.3) is 0 Å². The van der Waals surface area contributed by atoms with Crippen LogP contribution < -0.4 is 5.32 Å². The molecule has 1 N–H and O–H groups in total. The minimum atomic E-state index is -0.0486. The van der Waals surface area contributed by atoms with Crippen molar-refractivity contribution in [1.82, 2.24) is 15.1 Å². The predicted octanol–water partition coefficient (Wildman–Crippen LogP) is 2.49. The quantitative estimate of drug-likeness (QED) is 0.767. The van der Waals surface area contributed by atoms with Crippen molar-refractivity contribution >= 4 is 17.2 Å². The zero-order chi connectivity index (χ0) is 18.4. The fraction of sp³-hybridized carbons (Fsp3) is 0.737. The van der Waals surface area contributed by atoms with Gasteiger partial charge in [0, 0.05) is 47.5 Å². The first-order valence-electron chi connectivity index (χ1n) is 9.17. The highest BCUT2D eigenvalue weighted by molar-refractivity contribution is 7.11. The second-order valence-electron chi connectivity index (χ2n) is 7.70. The molecule has 2 heterocycles. The summed E-state index contributed by atoms with van der Waals surface area (Å²) in [7, 11) is 0. The highest BCUT2D eigenvalue weighted by Gasteiger charge is 2.28. The van der Waals surface area contributed by atoms with Crippen molar-refractivity contribution in [3.63, 3.8) is 0 Å². The van der Waals surface area contributed by atoms with Gasteiger partial charge in [0.15, 0.2) is 0 Å². The van der Waals surface area contributed by atoms with Gasteiger partial charge in [-0.25, -0.2) is 0 Å².